The van der Waals surface area contributed by atoms with Crippen molar-refractivity contribution in [3.63, 3.8) is 0 Å². The molecule has 0 heterocycles. The topological polar surface area (TPSA) is 74.6 Å². The minimum atomic E-state index is -4.67. The highest BCUT2D eigenvalue weighted by Crippen LogP contribution is 2.17. The van der Waals surface area contributed by atoms with Crippen LogP contribution in [0.2, 0.25) is 0 Å². The zero-order valence-corrected chi connectivity index (χ0v) is 8.07. The standard InChI is InChI=1S/C8H12.H2O4S/c1-2-8-6-4-3-5-7-8;1-5(2,3)4/h2-4,8H,1,5-7H2;(H2,1,2,3,4). The van der Waals surface area contributed by atoms with Gasteiger partial charge in [-0.15, -0.1) is 6.58 Å². The molecule has 1 aliphatic rings. The summed E-state index contributed by atoms with van der Waals surface area (Å²) in [5.41, 5.74) is 0. The number of hydrogen-bond acceptors (Lipinski definition) is 2. The summed E-state index contributed by atoms with van der Waals surface area (Å²) in [5.74, 6) is 0.764. The van der Waals surface area contributed by atoms with Crippen molar-refractivity contribution in [2.75, 3.05) is 0 Å². The van der Waals surface area contributed by atoms with E-state index in [2.05, 4.69) is 24.8 Å². The van der Waals surface area contributed by atoms with E-state index in [9.17, 15) is 0 Å². The van der Waals surface area contributed by atoms with Crippen LogP contribution < -0.4 is 0 Å². The highest BCUT2D eigenvalue weighted by atomic mass is 32.3. The molecule has 0 bridgehead atoms. The van der Waals surface area contributed by atoms with Crippen LogP contribution in [0.15, 0.2) is 24.8 Å². The third kappa shape index (κ3) is 11.3. The Balaban J connectivity index is 0.000000252. The fraction of sp³-hybridized carbons (Fsp3) is 0.500. The first-order chi connectivity index (χ1) is 5.93. The van der Waals surface area contributed by atoms with E-state index in [1.807, 2.05) is 0 Å². The van der Waals surface area contributed by atoms with Crippen molar-refractivity contribution < 1.29 is 17.5 Å². The van der Waals surface area contributed by atoms with Gasteiger partial charge in [0.2, 0.25) is 0 Å². The van der Waals surface area contributed by atoms with Crippen LogP contribution in [0.5, 0.6) is 0 Å². The maximum absolute atomic E-state index is 8.74. The van der Waals surface area contributed by atoms with Crippen LogP contribution in [0.3, 0.4) is 0 Å². The predicted octanol–water partition coefficient (Wildman–Crippen LogP) is 1.88. The second-order valence-electron chi connectivity index (χ2n) is 2.73. The fourth-order valence-corrected chi connectivity index (χ4v) is 1.03. The summed E-state index contributed by atoms with van der Waals surface area (Å²) < 4.78 is 31.6. The maximum Gasteiger partial charge on any atom is 0.394 e. The molecule has 0 aromatic rings. The largest absolute Gasteiger partial charge is 0.394 e. The lowest BCUT2D eigenvalue weighted by Crippen LogP contribution is -1.96. The summed E-state index contributed by atoms with van der Waals surface area (Å²) in [6, 6.07) is 0. The Morgan fingerprint density at radius 1 is 1.38 bits per heavy atom. The van der Waals surface area contributed by atoms with Gasteiger partial charge in [0.05, 0.1) is 0 Å². The molecule has 4 nitrogen and oxygen atoms in total. The average molecular weight is 206 g/mol. The third-order valence-electron chi connectivity index (χ3n) is 1.64. The van der Waals surface area contributed by atoms with Crippen LogP contribution in [0.25, 0.3) is 0 Å². The first-order valence-electron chi connectivity index (χ1n) is 3.91. The van der Waals surface area contributed by atoms with Gasteiger partial charge < -0.3 is 0 Å². The monoisotopic (exact) mass is 206 g/mol. The van der Waals surface area contributed by atoms with Gasteiger partial charge in [-0.2, -0.15) is 8.42 Å². The molecule has 5 heteroatoms. The molecule has 0 aromatic heterocycles. The van der Waals surface area contributed by atoms with Crippen molar-refractivity contribution in [2.24, 2.45) is 5.92 Å². The Bertz CT molecular complexity index is 258. The second-order valence-corrected chi connectivity index (χ2v) is 3.62. The van der Waals surface area contributed by atoms with Gasteiger partial charge in [0.25, 0.3) is 0 Å². The molecule has 76 valence electrons. The Morgan fingerprint density at radius 3 is 2.15 bits per heavy atom. The van der Waals surface area contributed by atoms with Crippen molar-refractivity contribution in [2.45, 2.75) is 19.3 Å². The predicted molar refractivity (Wildman–Crippen MR) is 50.9 cm³/mol. The van der Waals surface area contributed by atoms with Crippen LogP contribution in [-0.2, 0) is 10.4 Å². The Labute approximate surface area is 78.5 Å². The first-order valence-corrected chi connectivity index (χ1v) is 5.30. The lowest BCUT2D eigenvalue weighted by Gasteiger charge is -2.11. The lowest BCUT2D eigenvalue weighted by atomic mass is 9.95. The summed E-state index contributed by atoms with van der Waals surface area (Å²) in [6.45, 7) is 3.75. The summed E-state index contributed by atoms with van der Waals surface area (Å²) >= 11 is 0. The highest BCUT2D eigenvalue weighted by Gasteiger charge is 2.02. The van der Waals surface area contributed by atoms with Crippen molar-refractivity contribution in [1.29, 1.82) is 0 Å². The van der Waals surface area contributed by atoms with E-state index in [4.69, 9.17) is 17.5 Å². The van der Waals surface area contributed by atoms with Gasteiger partial charge in [0.1, 0.15) is 0 Å². The molecular formula is C8H14O4S. The number of hydrogen-bond donors (Lipinski definition) is 2. The molecule has 0 saturated heterocycles. The van der Waals surface area contributed by atoms with E-state index in [0.717, 1.165) is 5.92 Å². The zero-order valence-electron chi connectivity index (χ0n) is 7.26. The van der Waals surface area contributed by atoms with E-state index in [1.54, 1.807) is 0 Å². The molecule has 0 fully saturated rings. The summed E-state index contributed by atoms with van der Waals surface area (Å²) in [7, 11) is -4.67. The van der Waals surface area contributed by atoms with Crippen molar-refractivity contribution in [1.82, 2.24) is 0 Å². The van der Waals surface area contributed by atoms with E-state index in [-0.39, 0.29) is 0 Å². The maximum atomic E-state index is 8.74. The highest BCUT2D eigenvalue weighted by molar-refractivity contribution is 7.79. The average Bonchev–Trinajstić information content (AvgIpc) is 2.03. The van der Waals surface area contributed by atoms with Crippen LogP contribution in [0, 0.1) is 5.92 Å². The Morgan fingerprint density at radius 2 is 1.92 bits per heavy atom. The lowest BCUT2D eigenvalue weighted by molar-refractivity contribution is 0.381. The van der Waals surface area contributed by atoms with Gasteiger partial charge in [0.15, 0.2) is 0 Å². The Kier molecular flexibility index (Phi) is 5.61. The van der Waals surface area contributed by atoms with E-state index < -0.39 is 10.4 Å². The molecular weight excluding hydrogens is 192 g/mol. The van der Waals surface area contributed by atoms with Gasteiger partial charge >= 0.3 is 10.4 Å². The molecule has 1 atom stereocenters. The summed E-state index contributed by atoms with van der Waals surface area (Å²) in [6.07, 6.45) is 10.3. The van der Waals surface area contributed by atoms with Gasteiger partial charge in [-0.3, -0.25) is 9.11 Å². The molecule has 0 amide bonds. The van der Waals surface area contributed by atoms with Gasteiger partial charge in [-0.1, -0.05) is 18.2 Å². The molecule has 1 rings (SSSR count). The normalized spacial score (nSPS) is 21.5. The quantitative estimate of drug-likeness (QED) is 0.507. The molecule has 0 aromatic carbocycles. The minimum absolute atomic E-state index is 0.764. The van der Waals surface area contributed by atoms with Crippen molar-refractivity contribution in [3.8, 4) is 0 Å². The van der Waals surface area contributed by atoms with Gasteiger partial charge in [0, 0.05) is 0 Å². The van der Waals surface area contributed by atoms with E-state index in [1.165, 1.54) is 19.3 Å². The SMILES string of the molecule is C=CC1CC=CCC1.O=S(=O)(O)O. The molecule has 1 aliphatic carbocycles. The van der Waals surface area contributed by atoms with Gasteiger partial charge in [-0.25, -0.2) is 0 Å². The van der Waals surface area contributed by atoms with E-state index in [0.29, 0.717) is 0 Å². The molecule has 0 aliphatic heterocycles. The molecule has 0 radical (unpaired) electrons. The van der Waals surface area contributed by atoms with Crippen LogP contribution in [0.1, 0.15) is 19.3 Å². The smallest absolute Gasteiger partial charge is 0.264 e. The van der Waals surface area contributed by atoms with Crippen LogP contribution in [-0.4, -0.2) is 17.5 Å². The minimum Gasteiger partial charge on any atom is -0.264 e. The number of allylic oxidation sites excluding steroid dienone is 3. The number of rotatable bonds is 1. The molecule has 13 heavy (non-hydrogen) atoms. The first kappa shape index (κ1) is 12.3. The van der Waals surface area contributed by atoms with Crippen molar-refractivity contribution >= 4 is 10.4 Å². The molecule has 1 unspecified atom stereocenters. The molecule has 0 spiro atoms. The molecule has 0 saturated carbocycles. The van der Waals surface area contributed by atoms with Crippen LogP contribution in [0.4, 0.5) is 0 Å². The molecule has 2 N–H and O–H groups in total. The summed E-state index contributed by atoms with van der Waals surface area (Å²) in [4.78, 5) is 0. The van der Waals surface area contributed by atoms with Gasteiger partial charge in [-0.05, 0) is 25.2 Å². The van der Waals surface area contributed by atoms with Crippen molar-refractivity contribution in [3.05, 3.63) is 24.8 Å². The zero-order chi connectivity index (χ0) is 10.3. The third-order valence-corrected chi connectivity index (χ3v) is 1.64. The van der Waals surface area contributed by atoms with E-state index >= 15 is 0 Å². The fourth-order valence-electron chi connectivity index (χ4n) is 1.03. The Hall–Kier alpha value is -0.650. The van der Waals surface area contributed by atoms with Crippen LogP contribution >= 0.6 is 0 Å². The second kappa shape index (κ2) is 5.90. The summed E-state index contributed by atoms with van der Waals surface area (Å²) in [5, 5.41) is 0.